The van der Waals surface area contributed by atoms with E-state index in [0.717, 1.165) is 6.42 Å². The first-order valence-corrected chi connectivity index (χ1v) is 5.91. The number of hydrogen-bond donors (Lipinski definition) is 1. The third kappa shape index (κ3) is 3.56. The minimum atomic E-state index is -0.102. The molecule has 0 saturated carbocycles. The second-order valence-corrected chi connectivity index (χ2v) is 4.18. The molecular formula is C12H21N3O2. The largest absolute Gasteiger partial charge is 0.480 e. The average Bonchev–Trinajstić information content (AvgIpc) is 2.36. The molecule has 1 aromatic rings. The van der Waals surface area contributed by atoms with Crippen LogP contribution in [0.5, 0.6) is 5.88 Å². The molecule has 2 atom stereocenters. The fourth-order valence-corrected chi connectivity index (χ4v) is 1.70. The Labute approximate surface area is 102 Å². The Hall–Kier alpha value is -1.36. The Bertz CT molecular complexity index is 403. The van der Waals surface area contributed by atoms with Gasteiger partial charge in [0.25, 0.3) is 5.56 Å². The number of rotatable bonds is 6. The Kier molecular flexibility index (Phi) is 5.15. The molecule has 0 aliphatic carbocycles. The molecule has 0 fully saturated rings. The summed E-state index contributed by atoms with van der Waals surface area (Å²) in [4.78, 5) is 11.7. The molecule has 96 valence electrons. The Morgan fingerprint density at radius 3 is 2.76 bits per heavy atom. The van der Waals surface area contributed by atoms with Gasteiger partial charge in [0.05, 0.1) is 13.7 Å². The first-order chi connectivity index (χ1) is 8.12. The summed E-state index contributed by atoms with van der Waals surface area (Å²) in [5, 5.41) is 7.36. The highest BCUT2D eigenvalue weighted by atomic mass is 16.5. The van der Waals surface area contributed by atoms with E-state index in [0.29, 0.717) is 18.3 Å². The molecule has 0 bridgehead atoms. The zero-order valence-electron chi connectivity index (χ0n) is 10.9. The monoisotopic (exact) mass is 239 g/mol. The lowest BCUT2D eigenvalue weighted by Gasteiger charge is -2.22. The van der Waals surface area contributed by atoms with E-state index in [4.69, 9.17) is 4.74 Å². The normalized spacial score (nSPS) is 14.4. The Balaban J connectivity index is 2.88. The first-order valence-electron chi connectivity index (χ1n) is 5.91. The second kappa shape index (κ2) is 6.39. The zero-order valence-corrected chi connectivity index (χ0v) is 10.9. The number of nitrogens with one attached hydrogen (secondary N) is 1. The van der Waals surface area contributed by atoms with Crippen LogP contribution in [0.4, 0.5) is 0 Å². The molecule has 5 nitrogen and oxygen atoms in total. The van der Waals surface area contributed by atoms with Crippen LogP contribution in [0.1, 0.15) is 20.3 Å². The van der Waals surface area contributed by atoms with Crippen LogP contribution >= 0.6 is 0 Å². The van der Waals surface area contributed by atoms with Gasteiger partial charge >= 0.3 is 0 Å². The molecule has 1 rings (SSSR count). The summed E-state index contributed by atoms with van der Waals surface area (Å²) in [7, 11) is 3.45. The topological polar surface area (TPSA) is 56.2 Å². The van der Waals surface area contributed by atoms with E-state index < -0.39 is 0 Å². The van der Waals surface area contributed by atoms with Gasteiger partial charge in [-0.3, -0.25) is 4.79 Å². The molecule has 0 aromatic carbocycles. The summed E-state index contributed by atoms with van der Waals surface area (Å²) in [5.74, 6) is 0.948. The van der Waals surface area contributed by atoms with Crippen molar-refractivity contribution >= 4 is 0 Å². The third-order valence-corrected chi connectivity index (χ3v) is 3.12. The number of methoxy groups -OCH3 is 1. The smallest absolute Gasteiger partial charge is 0.267 e. The average molecular weight is 239 g/mol. The van der Waals surface area contributed by atoms with E-state index in [-0.39, 0.29) is 11.6 Å². The molecule has 0 saturated heterocycles. The van der Waals surface area contributed by atoms with Crippen molar-refractivity contribution in [1.29, 1.82) is 0 Å². The number of aromatic nitrogens is 2. The van der Waals surface area contributed by atoms with Crippen LogP contribution in [-0.4, -0.2) is 30.0 Å². The van der Waals surface area contributed by atoms with E-state index in [1.165, 1.54) is 10.7 Å². The van der Waals surface area contributed by atoms with Crippen LogP contribution in [0.2, 0.25) is 0 Å². The van der Waals surface area contributed by atoms with Gasteiger partial charge in [-0.2, -0.15) is 0 Å². The van der Waals surface area contributed by atoms with Gasteiger partial charge in [0.2, 0.25) is 5.88 Å². The molecular weight excluding hydrogens is 218 g/mol. The maximum Gasteiger partial charge on any atom is 0.267 e. The summed E-state index contributed by atoms with van der Waals surface area (Å²) in [5.41, 5.74) is -0.102. The van der Waals surface area contributed by atoms with Gasteiger partial charge in [-0.15, -0.1) is 5.10 Å². The maximum absolute atomic E-state index is 11.7. The fraction of sp³-hybridized carbons (Fsp3) is 0.667. The van der Waals surface area contributed by atoms with Gasteiger partial charge in [-0.1, -0.05) is 20.3 Å². The predicted octanol–water partition coefficient (Wildman–Crippen LogP) is 0.886. The van der Waals surface area contributed by atoms with Gasteiger partial charge in [-0.05, 0) is 13.0 Å². The van der Waals surface area contributed by atoms with Crippen molar-refractivity contribution in [3.63, 3.8) is 0 Å². The van der Waals surface area contributed by atoms with Crippen LogP contribution in [-0.2, 0) is 6.54 Å². The number of ether oxygens (including phenoxy) is 1. The number of nitrogens with zero attached hydrogens (tertiary/aromatic N) is 2. The van der Waals surface area contributed by atoms with Crippen LogP contribution in [0.3, 0.4) is 0 Å². The van der Waals surface area contributed by atoms with E-state index in [9.17, 15) is 4.79 Å². The summed E-state index contributed by atoms with van der Waals surface area (Å²) >= 11 is 0. The van der Waals surface area contributed by atoms with E-state index >= 15 is 0 Å². The molecule has 0 aliphatic rings. The highest BCUT2D eigenvalue weighted by molar-refractivity contribution is 5.06. The van der Waals surface area contributed by atoms with E-state index in [1.807, 2.05) is 7.05 Å². The molecule has 1 heterocycles. The number of hydrogen-bond acceptors (Lipinski definition) is 4. The van der Waals surface area contributed by atoms with Crippen molar-refractivity contribution < 1.29 is 4.74 Å². The minimum absolute atomic E-state index is 0.102. The Morgan fingerprint density at radius 2 is 2.24 bits per heavy atom. The highest BCUT2D eigenvalue weighted by Crippen LogP contribution is 2.09. The molecule has 5 heteroatoms. The van der Waals surface area contributed by atoms with Gasteiger partial charge in [0, 0.05) is 18.2 Å². The van der Waals surface area contributed by atoms with E-state index in [2.05, 4.69) is 24.3 Å². The lowest BCUT2D eigenvalue weighted by Crippen LogP contribution is -2.39. The van der Waals surface area contributed by atoms with Crippen molar-refractivity contribution in [2.45, 2.75) is 32.9 Å². The SMILES string of the molecule is CCC(C)C(Cn1nc(OC)ccc1=O)NC. The molecule has 0 radical (unpaired) electrons. The quantitative estimate of drug-likeness (QED) is 0.801. The molecule has 1 aromatic heterocycles. The summed E-state index contributed by atoms with van der Waals surface area (Å²) < 4.78 is 6.47. The van der Waals surface area contributed by atoms with Gasteiger partial charge in [-0.25, -0.2) is 4.68 Å². The number of likely N-dealkylation sites (N-methyl/N-ethyl adjacent to an activating group) is 1. The van der Waals surface area contributed by atoms with Crippen molar-refractivity contribution in [3.05, 3.63) is 22.5 Å². The molecule has 1 N–H and O–H groups in total. The lowest BCUT2D eigenvalue weighted by molar-refractivity contribution is 0.315. The maximum atomic E-state index is 11.7. The predicted molar refractivity (Wildman–Crippen MR) is 67.4 cm³/mol. The molecule has 0 spiro atoms. The standard InChI is InChI=1S/C12H21N3O2/c1-5-9(2)10(13-3)8-15-12(16)7-6-11(14-15)17-4/h6-7,9-10,13H,5,8H2,1-4H3. The van der Waals surface area contributed by atoms with Gasteiger partial charge < -0.3 is 10.1 Å². The summed E-state index contributed by atoms with van der Waals surface area (Å²) in [6, 6.07) is 3.29. The van der Waals surface area contributed by atoms with Gasteiger partial charge in [0.1, 0.15) is 0 Å². The molecule has 0 aliphatic heterocycles. The first kappa shape index (κ1) is 13.7. The Morgan fingerprint density at radius 1 is 1.53 bits per heavy atom. The van der Waals surface area contributed by atoms with Crippen LogP contribution < -0.4 is 15.6 Å². The highest BCUT2D eigenvalue weighted by Gasteiger charge is 2.15. The molecule has 2 unspecified atom stereocenters. The van der Waals surface area contributed by atoms with Crippen molar-refractivity contribution in [1.82, 2.24) is 15.1 Å². The zero-order chi connectivity index (χ0) is 12.8. The summed E-state index contributed by atoms with van der Waals surface area (Å²) in [6.45, 7) is 4.85. The third-order valence-electron chi connectivity index (χ3n) is 3.12. The van der Waals surface area contributed by atoms with Crippen LogP contribution in [0, 0.1) is 5.92 Å². The van der Waals surface area contributed by atoms with Crippen molar-refractivity contribution in [2.24, 2.45) is 5.92 Å². The van der Waals surface area contributed by atoms with Crippen molar-refractivity contribution in [3.8, 4) is 5.88 Å². The van der Waals surface area contributed by atoms with Crippen LogP contribution in [0.15, 0.2) is 16.9 Å². The van der Waals surface area contributed by atoms with E-state index in [1.54, 1.807) is 13.2 Å². The van der Waals surface area contributed by atoms with Crippen LogP contribution in [0.25, 0.3) is 0 Å². The molecule has 0 amide bonds. The fourth-order valence-electron chi connectivity index (χ4n) is 1.70. The minimum Gasteiger partial charge on any atom is -0.480 e. The van der Waals surface area contributed by atoms with Gasteiger partial charge in [0.15, 0.2) is 0 Å². The van der Waals surface area contributed by atoms with Crippen molar-refractivity contribution in [2.75, 3.05) is 14.2 Å². The summed E-state index contributed by atoms with van der Waals surface area (Å²) in [6.07, 6.45) is 1.06. The lowest BCUT2D eigenvalue weighted by atomic mass is 9.99. The second-order valence-electron chi connectivity index (χ2n) is 4.18. The molecule has 17 heavy (non-hydrogen) atoms.